The smallest absolute Gasteiger partial charge is 0.150 e. The third kappa shape index (κ3) is 2.52. The van der Waals surface area contributed by atoms with E-state index in [-0.39, 0.29) is 0 Å². The lowest BCUT2D eigenvalue weighted by Gasteiger charge is -2.07. The zero-order valence-electron chi connectivity index (χ0n) is 9.27. The maximum absolute atomic E-state index is 8.84. The first-order valence-corrected chi connectivity index (χ1v) is 5.82. The average Bonchev–Trinajstić information content (AvgIpc) is 2.74. The third-order valence-electron chi connectivity index (χ3n) is 2.21. The molecule has 0 atom stereocenters. The summed E-state index contributed by atoms with van der Waals surface area (Å²) in [6.07, 6.45) is 3.38. The van der Waals surface area contributed by atoms with Gasteiger partial charge in [-0.3, -0.25) is 0 Å². The second kappa shape index (κ2) is 4.80. The van der Waals surface area contributed by atoms with Crippen molar-refractivity contribution in [2.75, 3.05) is 11.1 Å². The van der Waals surface area contributed by atoms with Crippen molar-refractivity contribution in [3.05, 3.63) is 33.9 Å². The standard InChI is InChI=1S/C11H11N5S/c1-7-15-5-9(17-7)6-16-11-10(13)8(4-12)2-3-14-11/h2-3,5H,6,13H2,1H3,(H,14,16). The summed E-state index contributed by atoms with van der Waals surface area (Å²) >= 11 is 1.62. The molecule has 0 spiro atoms. The van der Waals surface area contributed by atoms with E-state index >= 15 is 0 Å². The van der Waals surface area contributed by atoms with Crippen molar-refractivity contribution in [1.29, 1.82) is 5.26 Å². The predicted molar refractivity (Wildman–Crippen MR) is 67.5 cm³/mol. The van der Waals surface area contributed by atoms with Crippen LogP contribution < -0.4 is 11.1 Å². The number of anilines is 2. The van der Waals surface area contributed by atoms with Gasteiger partial charge in [-0.15, -0.1) is 11.3 Å². The minimum atomic E-state index is 0.385. The molecule has 0 saturated carbocycles. The van der Waals surface area contributed by atoms with Gasteiger partial charge in [0.05, 0.1) is 22.8 Å². The van der Waals surface area contributed by atoms with Gasteiger partial charge in [0.2, 0.25) is 0 Å². The van der Waals surface area contributed by atoms with Crippen LogP contribution in [0.25, 0.3) is 0 Å². The van der Waals surface area contributed by atoms with Crippen molar-refractivity contribution >= 4 is 22.8 Å². The lowest BCUT2D eigenvalue weighted by Crippen LogP contribution is -2.04. The Kier molecular flexibility index (Phi) is 3.21. The lowest BCUT2D eigenvalue weighted by atomic mass is 10.2. The first kappa shape index (κ1) is 11.4. The van der Waals surface area contributed by atoms with Gasteiger partial charge < -0.3 is 11.1 Å². The highest BCUT2D eigenvalue weighted by molar-refractivity contribution is 7.11. The number of thiazole rings is 1. The monoisotopic (exact) mass is 245 g/mol. The summed E-state index contributed by atoms with van der Waals surface area (Å²) in [7, 11) is 0. The summed E-state index contributed by atoms with van der Waals surface area (Å²) in [5.74, 6) is 0.537. The maximum atomic E-state index is 8.84. The molecule has 0 amide bonds. The largest absolute Gasteiger partial charge is 0.395 e. The van der Waals surface area contributed by atoms with Gasteiger partial charge in [0.25, 0.3) is 0 Å². The number of aryl methyl sites for hydroxylation is 1. The number of pyridine rings is 1. The molecule has 0 bridgehead atoms. The Balaban J connectivity index is 2.12. The first-order valence-electron chi connectivity index (χ1n) is 5.00. The van der Waals surface area contributed by atoms with E-state index in [1.807, 2.05) is 19.2 Å². The van der Waals surface area contributed by atoms with Crippen molar-refractivity contribution in [2.24, 2.45) is 0 Å². The van der Waals surface area contributed by atoms with Crippen molar-refractivity contribution in [2.45, 2.75) is 13.5 Å². The average molecular weight is 245 g/mol. The molecule has 0 radical (unpaired) electrons. The molecule has 0 aliphatic heterocycles. The number of nitrogens with zero attached hydrogens (tertiary/aromatic N) is 3. The Morgan fingerprint density at radius 3 is 3.00 bits per heavy atom. The van der Waals surface area contributed by atoms with Crippen LogP contribution in [0.2, 0.25) is 0 Å². The second-order valence-electron chi connectivity index (χ2n) is 3.43. The number of hydrogen-bond acceptors (Lipinski definition) is 6. The van der Waals surface area contributed by atoms with Gasteiger partial charge in [0.1, 0.15) is 6.07 Å². The van der Waals surface area contributed by atoms with Crippen molar-refractivity contribution in [3.63, 3.8) is 0 Å². The molecule has 0 aliphatic carbocycles. The van der Waals surface area contributed by atoms with E-state index in [1.165, 1.54) is 0 Å². The molecule has 2 heterocycles. The van der Waals surface area contributed by atoms with Gasteiger partial charge in [-0.05, 0) is 13.0 Å². The molecule has 0 aliphatic rings. The van der Waals surface area contributed by atoms with E-state index in [0.717, 1.165) is 9.88 Å². The van der Waals surface area contributed by atoms with Crippen LogP contribution in [-0.4, -0.2) is 9.97 Å². The van der Waals surface area contributed by atoms with Gasteiger partial charge in [-0.25, -0.2) is 9.97 Å². The Morgan fingerprint density at radius 2 is 2.35 bits per heavy atom. The molecule has 3 N–H and O–H groups in total. The highest BCUT2D eigenvalue weighted by atomic mass is 32.1. The van der Waals surface area contributed by atoms with Crippen LogP contribution in [0.1, 0.15) is 15.4 Å². The summed E-state index contributed by atoms with van der Waals surface area (Å²) in [4.78, 5) is 9.37. The van der Waals surface area contributed by atoms with E-state index in [4.69, 9.17) is 11.0 Å². The van der Waals surface area contributed by atoms with Crippen LogP contribution in [0.4, 0.5) is 11.5 Å². The van der Waals surface area contributed by atoms with Gasteiger partial charge >= 0.3 is 0 Å². The van der Waals surface area contributed by atoms with Crippen molar-refractivity contribution in [3.8, 4) is 6.07 Å². The number of nitrogens with one attached hydrogen (secondary N) is 1. The minimum Gasteiger partial charge on any atom is -0.395 e. The maximum Gasteiger partial charge on any atom is 0.150 e. The van der Waals surface area contributed by atoms with Gasteiger partial charge in [0.15, 0.2) is 5.82 Å². The summed E-state index contributed by atoms with van der Waals surface area (Å²) in [5.41, 5.74) is 6.62. The van der Waals surface area contributed by atoms with E-state index in [9.17, 15) is 0 Å². The molecule has 0 unspecified atom stereocenters. The molecule has 0 saturated heterocycles. The normalized spacial score (nSPS) is 9.88. The summed E-state index contributed by atoms with van der Waals surface area (Å²) in [6.45, 7) is 2.56. The van der Waals surface area contributed by atoms with Crippen LogP contribution in [0, 0.1) is 18.3 Å². The molecule has 2 rings (SSSR count). The Morgan fingerprint density at radius 1 is 1.53 bits per heavy atom. The van der Waals surface area contributed by atoms with Crippen LogP contribution in [0.15, 0.2) is 18.5 Å². The van der Waals surface area contributed by atoms with Crippen molar-refractivity contribution < 1.29 is 0 Å². The Hall–Kier alpha value is -2.13. The molecule has 5 nitrogen and oxygen atoms in total. The topological polar surface area (TPSA) is 87.6 Å². The van der Waals surface area contributed by atoms with Crippen LogP contribution in [-0.2, 0) is 6.54 Å². The van der Waals surface area contributed by atoms with E-state index in [0.29, 0.717) is 23.6 Å². The number of hydrogen-bond donors (Lipinski definition) is 2. The zero-order chi connectivity index (χ0) is 12.3. The highest BCUT2D eigenvalue weighted by Crippen LogP contribution is 2.20. The first-order chi connectivity index (χ1) is 8.20. The van der Waals surface area contributed by atoms with Gasteiger partial charge in [-0.2, -0.15) is 5.26 Å². The van der Waals surface area contributed by atoms with E-state index in [2.05, 4.69) is 15.3 Å². The molecular formula is C11H11N5S. The molecule has 17 heavy (non-hydrogen) atoms. The summed E-state index contributed by atoms with van der Waals surface area (Å²) < 4.78 is 0. The molecule has 6 heteroatoms. The number of nitrogens with two attached hydrogens (primary N) is 1. The van der Waals surface area contributed by atoms with Gasteiger partial charge in [-0.1, -0.05) is 0 Å². The zero-order valence-corrected chi connectivity index (χ0v) is 10.1. The summed E-state index contributed by atoms with van der Waals surface area (Å²) in [5, 5.41) is 13.0. The molecular weight excluding hydrogens is 234 g/mol. The fourth-order valence-corrected chi connectivity index (χ4v) is 2.10. The number of nitrogen functional groups attached to an aromatic ring is 1. The molecule has 0 fully saturated rings. The van der Waals surface area contributed by atoms with Crippen LogP contribution in [0.3, 0.4) is 0 Å². The number of nitriles is 1. The second-order valence-corrected chi connectivity index (χ2v) is 4.75. The van der Waals surface area contributed by atoms with Crippen molar-refractivity contribution in [1.82, 2.24) is 9.97 Å². The fraction of sp³-hybridized carbons (Fsp3) is 0.182. The fourth-order valence-electron chi connectivity index (χ4n) is 1.37. The quantitative estimate of drug-likeness (QED) is 0.862. The summed E-state index contributed by atoms with van der Waals surface area (Å²) in [6, 6.07) is 3.62. The molecule has 2 aromatic rings. The van der Waals surface area contributed by atoms with Gasteiger partial charge in [0, 0.05) is 17.3 Å². The highest BCUT2D eigenvalue weighted by Gasteiger charge is 2.06. The number of rotatable bonds is 3. The molecule has 0 aromatic carbocycles. The SMILES string of the molecule is Cc1ncc(CNc2nccc(C#N)c2N)s1. The number of aromatic nitrogens is 2. The molecule has 86 valence electrons. The van der Waals surface area contributed by atoms with E-state index in [1.54, 1.807) is 23.6 Å². The Bertz CT molecular complexity index is 569. The van der Waals surface area contributed by atoms with Crippen LogP contribution >= 0.6 is 11.3 Å². The predicted octanol–water partition coefficient (Wildman–Crippen LogP) is 1.91. The lowest BCUT2D eigenvalue weighted by molar-refractivity contribution is 1.13. The minimum absolute atomic E-state index is 0.385. The third-order valence-corrected chi connectivity index (χ3v) is 3.12. The molecule has 2 aromatic heterocycles. The van der Waals surface area contributed by atoms with E-state index < -0.39 is 0 Å². The Labute approximate surface area is 103 Å². The van der Waals surface area contributed by atoms with Crippen LogP contribution in [0.5, 0.6) is 0 Å².